The van der Waals surface area contributed by atoms with Crippen LogP contribution >= 0.6 is 11.6 Å². The summed E-state index contributed by atoms with van der Waals surface area (Å²) in [4.78, 5) is 21.5. The minimum Gasteiger partial charge on any atom is -0.487 e. The summed E-state index contributed by atoms with van der Waals surface area (Å²) in [6.45, 7) is 5.42. The Morgan fingerprint density at radius 3 is 2.60 bits per heavy atom. The van der Waals surface area contributed by atoms with Crippen molar-refractivity contribution in [3.63, 3.8) is 0 Å². The van der Waals surface area contributed by atoms with Crippen LogP contribution in [-0.2, 0) is 21.4 Å². The molecule has 0 aliphatic carbocycles. The van der Waals surface area contributed by atoms with E-state index in [4.69, 9.17) is 36.5 Å². The number of nitrogens with zero attached hydrogens (tertiary/aromatic N) is 2. The molecule has 0 saturated carbocycles. The zero-order valence-electron chi connectivity index (χ0n) is 16.8. The molecule has 0 radical (unpaired) electrons. The highest BCUT2D eigenvalue weighted by atomic mass is 35.5. The van der Waals surface area contributed by atoms with Crippen molar-refractivity contribution in [3.8, 4) is 5.75 Å². The zero-order valence-corrected chi connectivity index (χ0v) is 17.5. The van der Waals surface area contributed by atoms with Gasteiger partial charge in [-0.05, 0) is 43.7 Å². The Labute approximate surface area is 179 Å². The lowest BCUT2D eigenvalue weighted by molar-refractivity contribution is -0.247. The number of rotatable bonds is 3. The predicted molar refractivity (Wildman–Crippen MR) is 111 cm³/mol. The maximum atomic E-state index is 12.7. The van der Waals surface area contributed by atoms with Gasteiger partial charge in [0.1, 0.15) is 28.6 Å². The van der Waals surface area contributed by atoms with Crippen molar-refractivity contribution < 1.29 is 19.0 Å². The summed E-state index contributed by atoms with van der Waals surface area (Å²) in [6, 6.07) is 9.25. The number of pyridine rings is 1. The topological polar surface area (TPSA) is 96.0 Å². The van der Waals surface area contributed by atoms with Crippen LogP contribution in [0.3, 0.4) is 0 Å². The van der Waals surface area contributed by atoms with Crippen LogP contribution in [0.25, 0.3) is 0 Å². The minimum absolute atomic E-state index is 0.0439. The van der Waals surface area contributed by atoms with Crippen LogP contribution in [0.2, 0.25) is 5.15 Å². The van der Waals surface area contributed by atoms with E-state index in [0.29, 0.717) is 30.5 Å². The third-order valence-corrected chi connectivity index (χ3v) is 6.86. The summed E-state index contributed by atoms with van der Waals surface area (Å²) in [5.41, 5.74) is 6.57. The van der Waals surface area contributed by atoms with Gasteiger partial charge in [0.25, 0.3) is 6.02 Å². The van der Waals surface area contributed by atoms with Crippen LogP contribution in [0.15, 0.2) is 41.5 Å². The number of aliphatic imine (C=N–C) groups is 1. The molecule has 0 bridgehead atoms. The fourth-order valence-electron chi connectivity index (χ4n) is 4.76. The van der Waals surface area contributed by atoms with Crippen LogP contribution in [0.4, 0.5) is 0 Å². The van der Waals surface area contributed by atoms with Crippen molar-refractivity contribution in [1.82, 2.24) is 4.98 Å². The van der Waals surface area contributed by atoms with Gasteiger partial charge in [-0.1, -0.05) is 17.7 Å². The number of hydrogen-bond acceptors (Lipinski definition) is 7. The minimum atomic E-state index is -0.715. The Bertz CT molecular complexity index is 1060. The Morgan fingerprint density at radius 2 is 2.00 bits per heavy atom. The number of carbonyl (C=O) groups is 1. The Balaban J connectivity index is 1.56. The molecule has 1 fully saturated rings. The van der Waals surface area contributed by atoms with Gasteiger partial charge < -0.3 is 19.9 Å². The van der Waals surface area contributed by atoms with Gasteiger partial charge in [0.15, 0.2) is 5.78 Å². The van der Waals surface area contributed by atoms with E-state index in [1.165, 1.54) is 6.20 Å². The molecule has 5 rings (SSSR count). The van der Waals surface area contributed by atoms with E-state index in [2.05, 4.69) is 18.8 Å². The molecule has 2 aromatic rings. The number of amidine groups is 1. The molecule has 2 spiro atoms. The molecule has 4 heterocycles. The first kappa shape index (κ1) is 19.3. The lowest BCUT2D eigenvalue weighted by Gasteiger charge is -2.61. The molecule has 8 heteroatoms. The Morgan fingerprint density at radius 1 is 1.20 bits per heavy atom. The second kappa shape index (κ2) is 6.43. The molecule has 3 aliphatic heterocycles. The third-order valence-electron chi connectivity index (χ3n) is 6.64. The maximum absolute atomic E-state index is 12.7. The smallest absolute Gasteiger partial charge is 0.283 e. The first-order valence-corrected chi connectivity index (χ1v) is 10.2. The Hall–Kier alpha value is -2.64. The molecule has 1 atom stereocenters. The largest absolute Gasteiger partial charge is 0.487 e. The van der Waals surface area contributed by atoms with E-state index in [1.807, 2.05) is 18.2 Å². The first-order valence-electron chi connectivity index (χ1n) is 9.79. The summed E-state index contributed by atoms with van der Waals surface area (Å²) in [6.07, 6.45) is 1.71. The molecule has 1 unspecified atom stereocenters. The number of nitrogens with two attached hydrogens (primary N) is 1. The Kier molecular flexibility index (Phi) is 4.14. The highest BCUT2D eigenvalue weighted by molar-refractivity contribution is 6.29. The highest BCUT2D eigenvalue weighted by Gasteiger charge is 2.71. The van der Waals surface area contributed by atoms with Gasteiger partial charge in [-0.25, -0.2) is 9.98 Å². The second-order valence-corrected chi connectivity index (χ2v) is 8.97. The van der Waals surface area contributed by atoms with E-state index in [-0.39, 0.29) is 18.2 Å². The number of fused-ring (bicyclic) bond motifs is 3. The van der Waals surface area contributed by atoms with E-state index in [0.717, 1.165) is 16.9 Å². The first-order chi connectivity index (χ1) is 14.3. The van der Waals surface area contributed by atoms with Crippen LogP contribution in [0.5, 0.6) is 5.75 Å². The summed E-state index contributed by atoms with van der Waals surface area (Å²) in [5, 5.41) is 0.353. The number of aromatic nitrogens is 1. The summed E-state index contributed by atoms with van der Waals surface area (Å²) in [7, 11) is 0. The molecule has 30 heavy (non-hydrogen) atoms. The predicted octanol–water partition coefficient (Wildman–Crippen LogP) is 2.89. The van der Waals surface area contributed by atoms with Gasteiger partial charge in [0.2, 0.25) is 0 Å². The number of hydrogen-bond donors (Lipinski definition) is 1. The quantitative estimate of drug-likeness (QED) is 0.597. The van der Waals surface area contributed by atoms with E-state index < -0.39 is 16.6 Å². The number of benzene rings is 1. The maximum Gasteiger partial charge on any atom is 0.283 e. The number of Topliss-reactive ketones (excluding diaryl/α,β-unsaturated/α-hetero) is 1. The van der Waals surface area contributed by atoms with Gasteiger partial charge in [0, 0.05) is 23.7 Å². The van der Waals surface area contributed by atoms with Gasteiger partial charge in [-0.15, -0.1) is 0 Å². The summed E-state index contributed by atoms with van der Waals surface area (Å²) in [5.74, 6) is 0.682. The number of ketones is 1. The SMILES string of the molecule is CC1(C)Oc2ccc(CC(=O)c3ccc(Cl)nc3)cc2C2(COC(N)=N2)C12COC2. The molecule has 1 saturated heterocycles. The average molecular weight is 428 g/mol. The van der Waals surface area contributed by atoms with Gasteiger partial charge in [-0.3, -0.25) is 4.79 Å². The average Bonchev–Trinajstić information content (AvgIpc) is 3.03. The summed E-state index contributed by atoms with van der Waals surface area (Å²) < 4.78 is 17.7. The molecule has 0 amide bonds. The fraction of sp³-hybridized carbons (Fsp3) is 0.409. The number of halogens is 1. The lowest BCUT2D eigenvalue weighted by atomic mass is 9.55. The second-order valence-electron chi connectivity index (χ2n) is 8.59. The van der Waals surface area contributed by atoms with Gasteiger partial charge in [0.05, 0.1) is 18.6 Å². The van der Waals surface area contributed by atoms with Gasteiger partial charge >= 0.3 is 0 Å². The number of carbonyl (C=O) groups excluding carboxylic acids is 1. The monoisotopic (exact) mass is 427 g/mol. The molecular formula is C22H22ClN3O4. The molecule has 1 aromatic carbocycles. The lowest BCUT2D eigenvalue weighted by Crippen LogP contribution is -2.71. The van der Waals surface area contributed by atoms with Crippen molar-refractivity contribution in [2.75, 3.05) is 19.8 Å². The van der Waals surface area contributed by atoms with Crippen molar-refractivity contribution in [1.29, 1.82) is 0 Å². The molecule has 7 nitrogen and oxygen atoms in total. The molecule has 156 valence electrons. The summed E-state index contributed by atoms with van der Waals surface area (Å²) >= 11 is 5.82. The zero-order chi connectivity index (χ0) is 21.1. The van der Waals surface area contributed by atoms with E-state index in [1.54, 1.807) is 12.1 Å². The molecule has 1 aromatic heterocycles. The highest BCUT2D eigenvalue weighted by Crippen LogP contribution is 2.62. The van der Waals surface area contributed by atoms with E-state index in [9.17, 15) is 4.79 Å². The number of ether oxygens (including phenoxy) is 3. The molecule has 2 N–H and O–H groups in total. The van der Waals surface area contributed by atoms with Crippen LogP contribution in [-0.4, -0.2) is 42.2 Å². The molecule has 3 aliphatic rings. The molecular weight excluding hydrogens is 406 g/mol. The van der Waals surface area contributed by atoms with Crippen LogP contribution < -0.4 is 10.5 Å². The fourth-order valence-corrected chi connectivity index (χ4v) is 4.87. The van der Waals surface area contributed by atoms with Crippen LogP contribution in [0, 0.1) is 5.41 Å². The standard InChI is InChI=1S/C22H22ClN3O4/c1-20(2)21(10-28-11-21)22(12-29-19(24)26-22)15-7-13(3-5-17(15)30-20)8-16(27)14-4-6-18(23)25-9-14/h3-7,9H,8,10-12H2,1-2H3,(H2,24,26). The van der Waals surface area contributed by atoms with Crippen molar-refractivity contribution in [3.05, 3.63) is 58.4 Å². The van der Waals surface area contributed by atoms with E-state index >= 15 is 0 Å². The van der Waals surface area contributed by atoms with Crippen LogP contribution in [0.1, 0.15) is 35.3 Å². The van der Waals surface area contributed by atoms with Crippen molar-refractivity contribution in [2.45, 2.75) is 31.4 Å². The van der Waals surface area contributed by atoms with Crippen molar-refractivity contribution in [2.24, 2.45) is 16.1 Å². The third kappa shape index (κ3) is 2.58. The van der Waals surface area contributed by atoms with Gasteiger partial charge in [-0.2, -0.15) is 0 Å². The normalized spacial score (nSPS) is 25.1. The van der Waals surface area contributed by atoms with Crippen molar-refractivity contribution >= 4 is 23.4 Å².